The van der Waals surface area contributed by atoms with Crippen LogP contribution < -0.4 is 21.1 Å². The lowest BCUT2D eigenvalue weighted by Crippen LogP contribution is -2.27. The van der Waals surface area contributed by atoms with Crippen molar-refractivity contribution >= 4 is 29.2 Å². The van der Waals surface area contributed by atoms with Crippen molar-refractivity contribution in [2.75, 3.05) is 35.2 Å². The molecule has 1 aliphatic heterocycles. The molecule has 0 spiro atoms. The second-order valence-corrected chi connectivity index (χ2v) is 9.08. The zero-order valence-electron chi connectivity index (χ0n) is 19.6. The Morgan fingerprint density at radius 2 is 1.72 bits per heavy atom. The predicted molar refractivity (Wildman–Crippen MR) is 135 cm³/mol. The molecule has 3 N–H and O–H groups in total. The third-order valence-electron chi connectivity index (χ3n) is 6.49. The van der Waals surface area contributed by atoms with Crippen LogP contribution in [-0.4, -0.2) is 41.5 Å². The molecule has 2 heterocycles. The molecule has 1 amide bonds. The van der Waals surface area contributed by atoms with Crippen LogP contribution in [0.3, 0.4) is 0 Å². The summed E-state index contributed by atoms with van der Waals surface area (Å²) in [6.45, 7) is 2.43. The highest BCUT2D eigenvalue weighted by molar-refractivity contribution is 6.08. The minimum absolute atomic E-state index is 0.183. The lowest BCUT2D eigenvalue weighted by atomic mass is 10.1. The number of benzene rings is 2. The van der Waals surface area contributed by atoms with Gasteiger partial charge in [-0.25, -0.2) is 8.78 Å². The highest BCUT2D eigenvalue weighted by Gasteiger charge is 2.25. The van der Waals surface area contributed by atoms with Gasteiger partial charge in [0.15, 0.2) is 11.6 Å². The normalized spacial score (nSPS) is 15.1. The molecule has 0 unspecified atom stereocenters. The van der Waals surface area contributed by atoms with E-state index in [2.05, 4.69) is 20.6 Å². The second kappa shape index (κ2) is 9.88. The predicted octanol–water partition coefficient (Wildman–Crippen LogP) is 4.18. The molecule has 0 radical (unpaired) electrons. The van der Waals surface area contributed by atoms with Gasteiger partial charge in [-0.3, -0.25) is 9.59 Å². The Morgan fingerprint density at radius 3 is 2.39 bits per heavy atom. The maximum Gasteiger partial charge on any atom is 0.276 e. The third kappa shape index (κ3) is 4.71. The van der Waals surface area contributed by atoms with Crippen LogP contribution in [0.15, 0.2) is 47.3 Å². The topological polar surface area (TPSA) is 103 Å². The molecule has 3 aromatic rings. The number of aromatic nitrogens is 2. The Morgan fingerprint density at radius 1 is 1.03 bits per heavy atom. The molecule has 1 saturated heterocycles. The number of amides is 1. The summed E-state index contributed by atoms with van der Waals surface area (Å²) >= 11 is 0. The van der Waals surface area contributed by atoms with Crippen LogP contribution in [-0.2, 0) is 0 Å². The number of nitrogens with one attached hydrogen (secondary N) is 3. The van der Waals surface area contributed by atoms with Crippen molar-refractivity contribution in [2.24, 2.45) is 5.92 Å². The van der Waals surface area contributed by atoms with E-state index in [9.17, 15) is 18.4 Å². The number of hydrogen-bond donors (Lipinski definition) is 3. The molecule has 2 aromatic carbocycles. The molecule has 2 aliphatic rings. The Balaban J connectivity index is 1.49. The maximum absolute atomic E-state index is 14.3. The summed E-state index contributed by atoms with van der Waals surface area (Å²) in [6, 6.07) is 9.08. The largest absolute Gasteiger partial charge is 0.384 e. The zero-order valence-corrected chi connectivity index (χ0v) is 19.6. The Bertz CT molecular complexity index is 1360. The molecule has 0 atom stereocenters. The van der Waals surface area contributed by atoms with E-state index in [1.807, 2.05) is 6.07 Å². The third-order valence-corrected chi connectivity index (χ3v) is 6.49. The average molecular weight is 493 g/mol. The number of para-hydroxylation sites is 1. The van der Waals surface area contributed by atoms with E-state index >= 15 is 0 Å². The summed E-state index contributed by atoms with van der Waals surface area (Å²) in [5, 5.41) is 18.3. The van der Waals surface area contributed by atoms with E-state index in [0.29, 0.717) is 21.9 Å². The molecule has 8 nitrogen and oxygen atoms in total. The molecule has 5 rings (SSSR count). The monoisotopic (exact) mass is 492 g/mol. The van der Waals surface area contributed by atoms with Crippen LogP contribution in [0.4, 0.5) is 25.8 Å². The van der Waals surface area contributed by atoms with Gasteiger partial charge in [0.25, 0.3) is 11.5 Å². The summed E-state index contributed by atoms with van der Waals surface area (Å²) in [5.41, 5.74) is 1.15. The Labute approximate surface area is 206 Å². The first kappa shape index (κ1) is 23.7. The van der Waals surface area contributed by atoms with Crippen LogP contribution in [0.5, 0.6) is 0 Å². The minimum atomic E-state index is -0.969. The van der Waals surface area contributed by atoms with Crippen molar-refractivity contribution in [1.29, 1.82) is 5.41 Å². The van der Waals surface area contributed by atoms with Crippen molar-refractivity contribution in [3.05, 3.63) is 75.7 Å². The maximum atomic E-state index is 14.3. The van der Waals surface area contributed by atoms with Gasteiger partial charge in [-0.1, -0.05) is 6.07 Å². The summed E-state index contributed by atoms with van der Waals surface area (Å²) in [4.78, 5) is 27.6. The minimum Gasteiger partial charge on any atom is -0.384 e. The fourth-order valence-corrected chi connectivity index (χ4v) is 4.44. The summed E-state index contributed by atoms with van der Waals surface area (Å²) in [7, 11) is 0. The molecule has 0 bridgehead atoms. The molecule has 186 valence electrons. The zero-order chi connectivity index (χ0) is 25.2. The van der Waals surface area contributed by atoms with Gasteiger partial charge in [0.1, 0.15) is 11.4 Å². The number of anilines is 3. The van der Waals surface area contributed by atoms with Crippen molar-refractivity contribution in [1.82, 2.24) is 9.78 Å². The van der Waals surface area contributed by atoms with Gasteiger partial charge in [0.2, 0.25) is 0 Å². The fraction of sp³-hybridized carbons (Fsp3) is 0.308. The highest BCUT2D eigenvalue weighted by atomic mass is 19.1. The smallest absolute Gasteiger partial charge is 0.276 e. The highest BCUT2D eigenvalue weighted by Crippen LogP contribution is 2.37. The van der Waals surface area contributed by atoms with Crippen LogP contribution >= 0.6 is 0 Å². The summed E-state index contributed by atoms with van der Waals surface area (Å²) in [5.74, 6) is -1.93. The SMILES string of the molecule is N=Cc1c(NCC2CC2)ccc(NC(=O)c2ccc(=O)n(-c3c(F)cccc3F)n2)c1N1CCCC1. The first-order chi connectivity index (χ1) is 17.5. The van der Waals surface area contributed by atoms with Gasteiger partial charge >= 0.3 is 0 Å². The van der Waals surface area contributed by atoms with E-state index in [1.165, 1.54) is 31.2 Å². The number of hydrogen-bond acceptors (Lipinski definition) is 6. The van der Waals surface area contributed by atoms with E-state index in [4.69, 9.17) is 5.41 Å². The summed E-state index contributed by atoms with van der Waals surface area (Å²) in [6.07, 6.45) is 5.70. The molecule has 1 saturated carbocycles. The van der Waals surface area contributed by atoms with Gasteiger partial charge in [-0.05, 0) is 61.9 Å². The number of carbonyl (C=O) groups is 1. The summed E-state index contributed by atoms with van der Waals surface area (Å²) < 4.78 is 29.1. The van der Waals surface area contributed by atoms with Crippen molar-refractivity contribution in [3.63, 3.8) is 0 Å². The van der Waals surface area contributed by atoms with Crippen LogP contribution in [0.25, 0.3) is 5.69 Å². The van der Waals surface area contributed by atoms with Gasteiger partial charge in [0.05, 0.1) is 11.4 Å². The average Bonchev–Trinajstić information content (AvgIpc) is 3.54. The molecule has 2 fully saturated rings. The van der Waals surface area contributed by atoms with E-state index in [-0.39, 0.29) is 5.69 Å². The van der Waals surface area contributed by atoms with Gasteiger partial charge < -0.3 is 20.9 Å². The molecule has 36 heavy (non-hydrogen) atoms. The Hall–Kier alpha value is -4.08. The van der Waals surface area contributed by atoms with E-state index < -0.39 is 28.8 Å². The van der Waals surface area contributed by atoms with E-state index in [0.717, 1.165) is 62.0 Å². The van der Waals surface area contributed by atoms with Gasteiger partial charge in [0, 0.05) is 43.2 Å². The molecule has 1 aliphatic carbocycles. The molecule has 1 aromatic heterocycles. The van der Waals surface area contributed by atoms with Crippen molar-refractivity contribution in [2.45, 2.75) is 25.7 Å². The number of halogens is 2. The lowest BCUT2D eigenvalue weighted by molar-refractivity contribution is 0.102. The molecular weight excluding hydrogens is 466 g/mol. The number of nitrogens with zero attached hydrogens (tertiary/aromatic N) is 3. The quantitative estimate of drug-likeness (QED) is 0.410. The van der Waals surface area contributed by atoms with Crippen LogP contribution in [0.1, 0.15) is 41.7 Å². The van der Waals surface area contributed by atoms with Crippen LogP contribution in [0.2, 0.25) is 0 Å². The van der Waals surface area contributed by atoms with E-state index in [1.54, 1.807) is 6.07 Å². The van der Waals surface area contributed by atoms with Crippen molar-refractivity contribution in [3.8, 4) is 5.69 Å². The second-order valence-electron chi connectivity index (χ2n) is 9.08. The number of rotatable bonds is 8. The fourth-order valence-electron chi connectivity index (χ4n) is 4.44. The standard InChI is InChI=1S/C26H26F2N6O2/c27-18-4-3-5-19(28)25(18)34-23(35)11-10-22(32-34)26(36)31-21-9-8-20(30-15-16-6-7-16)17(14-29)24(21)33-12-1-2-13-33/h3-5,8-11,14,16,29-30H,1-2,6-7,12-13,15H2,(H,31,36). The number of carbonyl (C=O) groups excluding carboxylic acids is 1. The molecule has 10 heteroatoms. The molecular formula is C26H26F2N6O2. The van der Waals surface area contributed by atoms with Crippen LogP contribution in [0, 0.1) is 23.0 Å². The first-order valence-electron chi connectivity index (χ1n) is 12.0. The van der Waals surface area contributed by atoms with Gasteiger partial charge in [-0.2, -0.15) is 9.78 Å². The lowest BCUT2D eigenvalue weighted by Gasteiger charge is -2.26. The Kier molecular flexibility index (Phi) is 6.49. The van der Waals surface area contributed by atoms with Gasteiger partial charge in [-0.15, -0.1) is 0 Å². The first-order valence-corrected chi connectivity index (χ1v) is 12.0. The van der Waals surface area contributed by atoms with Crippen molar-refractivity contribution < 1.29 is 13.6 Å².